The summed E-state index contributed by atoms with van der Waals surface area (Å²) in [5.74, 6) is 1.14. The maximum Gasteiger partial charge on any atom is 0.244 e. The average molecular weight is 374 g/mol. The molecule has 8 heteroatoms. The van der Waals surface area contributed by atoms with Gasteiger partial charge in [0.25, 0.3) is 0 Å². The Labute approximate surface area is 151 Å². The SMILES string of the molecule is CS(=O)(=O)Nc1ccc(/C=C/C(=O)NCc2ccc3c(c2)OCO3)cc1. The molecule has 0 radical (unpaired) electrons. The van der Waals surface area contributed by atoms with E-state index in [2.05, 4.69) is 10.0 Å². The summed E-state index contributed by atoms with van der Waals surface area (Å²) in [7, 11) is -3.30. The van der Waals surface area contributed by atoms with Gasteiger partial charge in [0.2, 0.25) is 22.7 Å². The van der Waals surface area contributed by atoms with Gasteiger partial charge in [0.15, 0.2) is 11.5 Å². The highest BCUT2D eigenvalue weighted by atomic mass is 32.2. The molecule has 0 aliphatic carbocycles. The van der Waals surface area contributed by atoms with E-state index in [0.29, 0.717) is 23.7 Å². The zero-order valence-corrected chi connectivity index (χ0v) is 14.9. The number of carbonyl (C=O) groups excluding carboxylic acids is 1. The Morgan fingerprint density at radius 3 is 2.58 bits per heavy atom. The van der Waals surface area contributed by atoms with Crippen LogP contribution in [0.5, 0.6) is 11.5 Å². The van der Waals surface area contributed by atoms with Gasteiger partial charge in [0.1, 0.15) is 0 Å². The lowest BCUT2D eigenvalue weighted by atomic mass is 10.2. The van der Waals surface area contributed by atoms with Crippen molar-refractivity contribution in [1.82, 2.24) is 5.32 Å². The molecule has 0 unspecified atom stereocenters. The average Bonchev–Trinajstić information content (AvgIpc) is 3.05. The standard InChI is InChI=1S/C18H18N2O5S/c1-26(22,23)20-15-6-2-13(3-7-15)5-9-18(21)19-11-14-4-8-16-17(10-14)25-12-24-16/h2-10,20H,11-12H2,1H3,(H,19,21)/b9-5+. The monoisotopic (exact) mass is 374 g/mol. The van der Waals surface area contributed by atoms with E-state index in [0.717, 1.165) is 17.4 Å². The number of sulfonamides is 1. The zero-order valence-electron chi connectivity index (χ0n) is 14.1. The third kappa shape index (κ3) is 5.00. The van der Waals surface area contributed by atoms with Crippen molar-refractivity contribution in [3.05, 3.63) is 59.7 Å². The zero-order chi connectivity index (χ0) is 18.6. The quantitative estimate of drug-likeness (QED) is 0.756. The van der Waals surface area contributed by atoms with Gasteiger partial charge in [-0.05, 0) is 41.5 Å². The Bertz CT molecular complexity index is 937. The van der Waals surface area contributed by atoms with E-state index in [-0.39, 0.29) is 12.7 Å². The topological polar surface area (TPSA) is 93.7 Å². The number of benzene rings is 2. The van der Waals surface area contributed by atoms with Gasteiger partial charge in [0.05, 0.1) is 6.26 Å². The van der Waals surface area contributed by atoms with Crippen molar-refractivity contribution in [2.75, 3.05) is 17.8 Å². The number of nitrogens with one attached hydrogen (secondary N) is 2. The van der Waals surface area contributed by atoms with E-state index < -0.39 is 10.0 Å². The number of anilines is 1. The normalized spacial score (nSPS) is 13.0. The molecule has 1 aliphatic rings. The van der Waals surface area contributed by atoms with E-state index in [1.807, 2.05) is 18.2 Å². The highest BCUT2D eigenvalue weighted by Gasteiger charge is 2.13. The fourth-order valence-electron chi connectivity index (χ4n) is 2.35. The fraction of sp³-hybridized carbons (Fsp3) is 0.167. The van der Waals surface area contributed by atoms with Crippen molar-refractivity contribution in [2.45, 2.75) is 6.54 Å². The second-order valence-electron chi connectivity index (χ2n) is 5.73. The number of amides is 1. The molecule has 0 spiro atoms. The number of hydrogen-bond acceptors (Lipinski definition) is 5. The molecule has 0 atom stereocenters. The molecular weight excluding hydrogens is 356 g/mol. The number of carbonyl (C=O) groups is 1. The second kappa shape index (κ2) is 7.49. The van der Waals surface area contributed by atoms with E-state index in [1.54, 1.807) is 30.3 Å². The smallest absolute Gasteiger partial charge is 0.244 e. The van der Waals surface area contributed by atoms with Crippen LogP contribution in [0.1, 0.15) is 11.1 Å². The van der Waals surface area contributed by atoms with Gasteiger partial charge in [0, 0.05) is 18.3 Å². The summed E-state index contributed by atoms with van der Waals surface area (Å²) in [6.07, 6.45) is 4.16. The first-order chi connectivity index (χ1) is 12.4. The van der Waals surface area contributed by atoms with Crippen LogP contribution in [0.2, 0.25) is 0 Å². The molecule has 0 bridgehead atoms. The van der Waals surface area contributed by atoms with Gasteiger partial charge in [-0.25, -0.2) is 8.42 Å². The van der Waals surface area contributed by atoms with E-state index >= 15 is 0 Å². The van der Waals surface area contributed by atoms with Crippen LogP contribution < -0.4 is 19.5 Å². The van der Waals surface area contributed by atoms with E-state index in [9.17, 15) is 13.2 Å². The Morgan fingerprint density at radius 2 is 1.85 bits per heavy atom. The molecule has 0 saturated heterocycles. The summed E-state index contributed by atoms with van der Waals surface area (Å²) in [5.41, 5.74) is 2.16. The van der Waals surface area contributed by atoms with Gasteiger partial charge in [-0.2, -0.15) is 0 Å². The van der Waals surface area contributed by atoms with Crippen LogP contribution in [-0.4, -0.2) is 27.4 Å². The first-order valence-electron chi connectivity index (χ1n) is 7.81. The van der Waals surface area contributed by atoms with Crippen LogP contribution in [0.3, 0.4) is 0 Å². The Morgan fingerprint density at radius 1 is 1.12 bits per heavy atom. The fourth-order valence-corrected chi connectivity index (χ4v) is 2.91. The molecule has 26 heavy (non-hydrogen) atoms. The maximum absolute atomic E-state index is 11.9. The minimum Gasteiger partial charge on any atom is -0.454 e. The summed E-state index contributed by atoms with van der Waals surface area (Å²) in [4.78, 5) is 11.9. The molecule has 136 valence electrons. The third-order valence-corrected chi connectivity index (χ3v) is 4.15. The van der Waals surface area contributed by atoms with Crippen molar-refractivity contribution in [3.8, 4) is 11.5 Å². The highest BCUT2D eigenvalue weighted by molar-refractivity contribution is 7.92. The summed E-state index contributed by atoms with van der Waals surface area (Å²) < 4.78 is 35.2. The first-order valence-corrected chi connectivity index (χ1v) is 9.70. The number of rotatable bonds is 6. The van der Waals surface area contributed by atoms with Crippen LogP contribution in [0.15, 0.2) is 48.5 Å². The minimum absolute atomic E-state index is 0.215. The van der Waals surface area contributed by atoms with Crippen molar-refractivity contribution in [3.63, 3.8) is 0 Å². The lowest BCUT2D eigenvalue weighted by Crippen LogP contribution is -2.20. The largest absolute Gasteiger partial charge is 0.454 e. The molecule has 1 amide bonds. The van der Waals surface area contributed by atoms with Gasteiger partial charge in [-0.1, -0.05) is 18.2 Å². The molecule has 7 nitrogen and oxygen atoms in total. The number of hydrogen-bond donors (Lipinski definition) is 2. The molecule has 1 aliphatic heterocycles. The Balaban J connectivity index is 1.53. The van der Waals surface area contributed by atoms with Crippen LogP contribution in [0.4, 0.5) is 5.69 Å². The molecule has 2 aromatic carbocycles. The van der Waals surface area contributed by atoms with Crippen LogP contribution in [0, 0.1) is 0 Å². The molecule has 0 aromatic heterocycles. The summed E-state index contributed by atoms with van der Waals surface area (Å²) >= 11 is 0. The lowest BCUT2D eigenvalue weighted by molar-refractivity contribution is -0.116. The van der Waals surface area contributed by atoms with Crippen molar-refractivity contribution >= 4 is 27.7 Å². The predicted octanol–water partition coefficient (Wildman–Crippen LogP) is 2.12. The van der Waals surface area contributed by atoms with Crippen LogP contribution in [0.25, 0.3) is 6.08 Å². The molecule has 1 heterocycles. The summed E-state index contributed by atoms with van der Waals surface area (Å²) in [6, 6.07) is 12.2. The van der Waals surface area contributed by atoms with Crippen LogP contribution in [-0.2, 0) is 21.4 Å². The molecule has 2 N–H and O–H groups in total. The highest BCUT2D eigenvalue weighted by Crippen LogP contribution is 2.32. The molecular formula is C18H18N2O5S. The molecule has 3 rings (SSSR count). The van der Waals surface area contributed by atoms with Gasteiger partial charge in [-0.15, -0.1) is 0 Å². The molecule has 0 fully saturated rings. The minimum atomic E-state index is -3.30. The lowest BCUT2D eigenvalue weighted by Gasteiger charge is -2.04. The molecule has 0 saturated carbocycles. The predicted molar refractivity (Wildman–Crippen MR) is 98.4 cm³/mol. The van der Waals surface area contributed by atoms with Crippen molar-refractivity contribution in [1.29, 1.82) is 0 Å². The van der Waals surface area contributed by atoms with Crippen LogP contribution >= 0.6 is 0 Å². The Kier molecular flexibility index (Phi) is 5.13. The van der Waals surface area contributed by atoms with Crippen molar-refractivity contribution in [2.24, 2.45) is 0 Å². The first kappa shape index (κ1) is 17.8. The van der Waals surface area contributed by atoms with Gasteiger partial charge >= 0.3 is 0 Å². The molecule has 2 aromatic rings. The number of ether oxygens (including phenoxy) is 2. The Hall–Kier alpha value is -3.00. The third-order valence-electron chi connectivity index (χ3n) is 3.54. The van der Waals surface area contributed by atoms with Gasteiger partial charge in [-0.3, -0.25) is 9.52 Å². The number of fused-ring (bicyclic) bond motifs is 1. The maximum atomic E-state index is 11.9. The van der Waals surface area contributed by atoms with E-state index in [1.165, 1.54) is 6.08 Å². The van der Waals surface area contributed by atoms with E-state index in [4.69, 9.17) is 9.47 Å². The second-order valence-corrected chi connectivity index (χ2v) is 7.48. The van der Waals surface area contributed by atoms with Gasteiger partial charge < -0.3 is 14.8 Å². The summed E-state index contributed by atoms with van der Waals surface area (Å²) in [5, 5.41) is 2.79. The van der Waals surface area contributed by atoms with Crippen molar-refractivity contribution < 1.29 is 22.7 Å². The summed E-state index contributed by atoms with van der Waals surface area (Å²) in [6.45, 7) is 0.587.